The number of aromatic nitrogens is 3. The number of amides is 1. The summed E-state index contributed by atoms with van der Waals surface area (Å²) in [6.07, 6.45) is -3.11. The maximum absolute atomic E-state index is 13.8. The fraction of sp³-hybridized carbons (Fsp3) is 0.304. The zero-order valence-corrected chi connectivity index (χ0v) is 19.8. The lowest BCUT2D eigenvalue weighted by atomic mass is 9.99. The smallest absolute Gasteiger partial charge is 0.392 e. The van der Waals surface area contributed by atoms with E-state index in [2.05, 4.69) is 25.8 Å². The molecule has 0 spiro atoms. The number of hydrogen-bond acceptors (Lipinski definition) is 7. The Balaban J connectivity index is 1.86. The van der Waals surface area contributed by atoms with Gasteiger partial charge < -0.3 is 15.8 Å². The van der Waals surface area contributed by atoms with Gasteiger partial charge in [-0.2, -0.15) is 18.3 Å². The molecule has 4 rings (SSSR count). The first-order chi connectivity index (χ1) is 17.1. The zero-order chi connectivity index (χ0) is 26.2. The molecule has 5 N–H and O–H groups in total. The topological polar surface area (TPSA) is 134 Å². The molecule has 0 atom stereocenters. The van der Waals surface area contributed by atoms with Gasteiger partial charge in [-0.05, 0) is 42.3 Å². The summed E-state index contributed by atoms with van der Waals surface area (Å²) in [6, 6.07) is 5.51. The van der Waals surface area contributed by atoms with Crippen molar-refractivity contribution in [2.24, 2.45) is 17.9 Å². The summed E-state index contributed by atoms with van der Waals surface area (Å²) in [5, 5.41) is 16.8. The Hall–Kier alpha value is -3.97. The number of rotatable bonds is 6. The number of anilines is 2. The van der Waals surface area contributed by atoms with Gasteiger partial charge >= 0.3 is 6.18 Å². The van der Waals surface area contributed by atoms with Gasteiger partial charge in [0.15, 0.2) is 0 Å². The van der Waals surface area contributed by atoms with Gasteiger partial charge in [0, 0.05) is 31.8 Å². The van der Waals surface area contributed by atoms with E-state index in [1.54, 1.807) is 37.1 Å². The third-order valence-corrected chi connectivity index (χ3v) is 5.86. The first-order valence-electron chi connectivity index (χ1n) is 11.0. The summed E-state index contributed by atoms with van der Waals surface area (Å²) in [6.45, 7) is 1.45. The van der Waals surface area contributed by atoms with E-state index in [4.69, 9.17) is 5.84 Å². The Bertz CT molecular complexity index is 1350. The molecule has 10 nitrogen and oxygen atoms in total. The Morgan fingerprint density at radius 2 is 2.03 bits per heavy atom. The van der Waals surface area contributed by atoms with Crippen LogP contribution in [0.15, 0.2) is 35.5 Å². The second-order valence-electron chi connectivity index (χ2n) is 8.09. The number of nitrogens with two attached hydrogens (primary N) is 1. The van der Waals surface area contributed by atoms with Crippen LogP contribution in [0.1, 0.15) is 39.5 Å². The molecule has 1 amide bonds. The lowest BCUT2D eigenvalue weighted by Crippen LogP contribution is -2.31. The predicted octanol–water partition coefficient (Wildman–Crippen LogP) is 2.43. The van der Waals surface area contributed by atoms with Crippen LogP contribution < -0.4 is 21.5 Å². The van der Waals surface area contributed by atoms with Crippen molar-refractivity contribution in [3.05, 3.63) is 58.3 Å². The van der Waals surface area contributed by atoms with Crippen molar-refractivity contribution in [2.45, 2.75) is 26.3 Å². The van der Waals surface area contributed by atoms with Gasteiger partial charge in [0.25, 0.3) is 5.91 Å². The highest BCUT2D eigenvalue weighted by Gasteiger charge is 2.41. The maximum Gasteiger partial charge on any atom is 0.416 e. The molecule has 13 heteroatoms. The van der Waals surface area contributed by atoms with E-state index in [0.29, 0.717) is 35.0 Å². The number of fused-ring (bicyclic) bond motifs is 1. The van der Waals surface area contributed by atoms with E-state index in [1.165, 1.54) is 11.0 Å². The summed E-state index contributed by atoms with van der Waals surface area (Å²) in [4.78, 5) is 23.1. The molecule has 2 aromatic heterocycles. The molecule has 1 aromatic carbocycles. The highest BCUT2D eigenvalue weighted by Crippen LogP contribution is 2.40. The van der Waals surface area contributed by atoms with Crippen LogP contribution in [0, 0.1) is 0 Å². The number of halogens is 3. The number of hydrogen-bond donors (Lipinski definition) is 4. The number of carbonyl (C=O) groups excluding carboxylic acids is 1. The van der Waals surface area contributed by atoms with E-state index >= 15 is 0 Å². The van der Waals surface area contributed by atoms with Gasteiger partial charge in [-0.15, -0.1) is 0 Å². The lowest BCUT2D eigenvalue weighted by Gasteiger charge is -2.19. The van der Waals surface area contributed by atoms with Crippen LogP contribution in [0.4, 0.5) is 24.8 Å². The Kier molecular flexibility index (Phi) is 6.69. The predicted molar refractivity (Wildman–Crippen MR) is 128 cm³/mol. The standard InChI is InChI=1S/C23H25F3N8O2/c1-4-29-18-7-13(20-15(9-30-33(20)3)21(28-2)32-27)8-19(31-18)34-10-16-14(22(34)36)5-12(11-35)6-17(16)23(24,25)26/h5-9,35H,4,10-11,27H2,1-3H3,(H,28,32)(H,29,31). The number of aryl methyl sites for hydroxylation is 1. The van der Waals surface area contributed by atoms with Crippen molar-refractivity contribution in [3.8, 4) is 11.3 Å². The largest absolute Gasteiger partial charge is 0.416 e. The normalized spacial score (nSPS) is 13.8. The fourth-order valence-corrected chi connectivity index (χ4v) is 4.28. The van der Waals surface area contributed by atoms with Gasteiger partial charge in [-0.25, -0.2) is 10.8 Å². The number of aliphatic hydroxyl groups excluding tert-OH is 1. The molecule has 0 saturated carbocycles. The highest BCUT2D eigenvalue weighted by atomic mass is 19.4. The molecule has 1 aliphatic rings. The Morgan fingerprint density at radius 3 is 2.64 bits per heavy atom. The minimum absolute atomic E-state index is 0.00603. The van der Waals surface area contributed by atoms with E-state index in [0.717, 1.165) is 6.07 Å². The first kappa shape index (κ1) is 25.1. The average Bonchev–Trinajstić information content (AvgIpc) is 3.38. The SMILES string of the molecule is CCNc1cc(-c2c(C(=NC)NN)cnn2C)cc(N2Cc3c(cc(CO)cc3C(F)(F)F)C2=O)n1. The van der Waals surface area contributed by atoms with Crippen LogP contribution in [-0.4, -0.2) is 45.2 Å². The lowest BCUT2D eigenvalue weighted by molar-refractivity contribution is -0.138. The monoisotopic (exact) mass is 502 g/mol. The number of aliphatic imine (C=N–C) groups is 1. The second kappa shape index (κ2) is 9.59. The Labute approximate surface area is 204 Å². The number of pyridine rings is 1. The molecule has 3 heterocycles. The van der Waals surface area contributed by atoms with Crippen molar-refractivity contribution in [1.82, 2.24) is 20.2 Å². The highest BCUT2D eigenvalue weighted by molar-refractivity contribution is 6.10. The van der Waals surface area contributed by atoms with Crippen molar-refractivity contribution in [2.75, 3.05) is 23.8 Å². The van der Waals surface area contributed by atoms with E-state index in [9.17, 15) is 23.1 Å². The molecular weight excluding hydrogens is 477 g/mol. The first-order valence-corrected chi connectivity index (χ1v) is 11.0. The van der Waals surface area contributed by atoms with Gasteiger partial charge in [0.05, 0.1) is 36.2 Å². The number of nitrogens with zero attached hydrogens (tertiary/aromatic N) is 5. The molecule has 0 radical (unpaired) electrons. The van der Waals surface area contributed by atoms with Crippen molar-refractivity contribution in [3.63, 3.8) is 0 Å². The third-order valence-electron chi connectivity index (χ3n) is 5.86. The van der Waals surface area contributed by atoms with Crippen molar-refractivity contribution < 1.29 is 23.1 Å². The summed E-state index contributed by atoms with van der Waals surface area (Å²) >= 11 is 0. The van der Waals surface area contributed by atoms with Gasteiger partial charge in [0.2, 0.25) is 0 Å². The molecule has 1 aliphatic heterocycles. The van der Waals surface area contributed by atoms with Crippen molar-refractivity contribution in [1.29, 1.82) is 0 Å². The average molecular weight is 503 g/mol. The summed E-state index contributed by atoms with van der Waals surface area (Å²) in [5.74, 6) is 5.93. The molecule has 190 valence electrons. The number of hydrazine groups is 1. The minimum Gasteiger partial charge on any atom is -0.392 e. The van der Waals surface area contributed by atoms with Crippen LogP contribution in [0.5, 0.6) is 0 Å². The van der Waals surface area contributed by atoms with Crippen LogP contribution in [-0.2, 0) is 26.4 Å². The number of amidine groups is 1. The van der Waals surface area contributed by atoms with Crippen LogP contribution in [0.2, 0.25) is 0 Å². The number of aliphatic hydroxyl groups is 1. The van der Waals surface area contributed by atoms with Gasteiger partial charge in [-0.1, -0.05) is 0 Å². The summed E-state index contributed by atoms with van der Waals surface area (Å²) < 4.78 is 43.0. The molecule has 0 aliphatic carbocycles. The summed E-state index contributed by atoms with van der Waals surface area (Å²) in [7, 11) is 3.28. The van der Waals surface area contributed by atoms with Crippen LogP contribution in [0.25, 0.3) is 11.3 Å². The summed E-state index contributed by atoms with van der Waals surface area (Å²) in [5.41, 5.74) is 3.11. The minimum atomic E-state index is -4.69. The maximum atomic E-state index is 13.8. The van der Waals surface area contributed by atoms with Gasteiger partial charge in [-0.3, -0.25) is 19.4 Å². The molecule has 3 aromatic rings. The number of carbonyl (C=O) groups is 1. The number of nitrogens with one attached hydrogen (secondary N) is 2. The van der Waals surface area contributed by atoms with E-state index in [1.807, 2.05) is 6.92 Å². The third kappa shape index (κ3) is 4.38. The zero-order valence-electron chi connectivity index (χ0n) is 19.8. The second-order valence-corrected chi connectivity index (χ2v) is 8.09. The van der Waals surface area contributed by atoms with Crippen LogP contribution >= 0.6 is 0 Å². The molecule has 0 saturated heterocycles. The van der Waals surface area contributed by atoms with Crippen molar-refractivity contribution >= 4 is 23.4 Å². The Morgan fingerprint density at radius 1 is 1.28 bits per heavy atom. The molecule has 36 heavy (non-hydrogen) atoms. The van der Waals surface area contributed by atoms with Crippen LogP contribution in [0.3, 0.4) is 0 Å². The molecule has 0 unspecified atom stereocenters. The molecular formula is C23H25F3N8O2. The molecule has 0 fully saturated rings. The number of alkyl halides is 3. The quantitative estimate of drug-likeness (QED) is 0.176. The van der Waals surface area contributed by atoms with Gasteiger partial charge in [0.1, 0.15) is 17.5 Å². The number of benzene rings is 1. The van der Waals surface area contributed by atoms with E-state index in [-0.39, 0.29) is 29.1 Å². The fourth-order valence-electron chi connectivity index (χ4n) is 4.28. The van der Waals surface area contributed by atoms with E-state index < -0.39 is 24.3 Å². The molecule has 0 bridgehead atoms.